The Bertz CT molecular complexity index is 591. The van der Waals surface area contributed by atoms with Crippen LogP contribution < -0.4 is 10.5 Å². The molecule has 0 aliphatic heterocycles. The van der Waals surface area contributed by atoms with Gasteiger partial charge in [0.1, 0.15) is 5.75 Å². The number of hydrogen-bond donors (Lipinski definition) is 1. The molecule has 0 saturated carbocycles. The number of Topliss-reactive ketones (excluding diaryl/α,β-unsaturated/α-hetero) is 1. The van der Waals surface area contributed by atoms with Crippen LogP contribution in [0.15, 0.2) is 42.5 Å². The summed E-state index contributed by atoms with van der Waals surface area (Å²) in [7, 11) is 1.60. The highest BCUT2D eigenvalue weighted by Crippen LogP contribution is 2.19. The van der Waals surface area contributed by atoms with Gasteiger partial charge in [0.05, 0.1) is 7.11 Å². The standard InChI is InChI=1S/C15H14ClNO2/c1-19-14-4-2-3-10(5-14)6-15(18)11-7-12(16)9-13(17)8-11/h2-5,7-9H,6,17H2,1H3. The van der Waals surface area contributed by atoms with E-state index in [1.54, 1.807) is 25.3 Å². The van der Waals surface area contributed by atoms with Gasteiger partial charge in [0.15, 0.2) is 5.78 Å². The van der Waals surface area contributed by atoms with E-state index < -0.39 is 0 Å². The SMILES string of the molecule is COc1cccc(CC(=O)c2cc(N)cc(Cl)c2)c1. The molecule has 0 amide bonds. The number of hydrogen-bond acceptors (Lipinski definition) is 3. The molecule has 0 aromatic heterocycles. The Morgan fingerprint density at radius 3 is 2.74 bits per heavy atom. The van der Waals surface area contributed by atoms with Crippen LogP contribution in [0.3, 0.4) is 0 Å². The van der Waals surface area contributed by atoms with Crippen molar-refractivity contribution in [3.05, 3.63) is 58.6 Å². The first-order valence-corrected chi connectivity index (χ1v) is 6.18. The van der Waals surface area contributed by atoms with E-state index in [1.165, 1.54) is 0 Å². The third kappa shape index (κ3) is 3.48. The minimum Gasteiger partial charge on any atom is -0.497 e. The van der Waals surface area contributed by atoms with E-state index in [0.29, 0.717) is 16.3 Å². The fraction of sp³-hybridized carbons (Fsp3) is 0.133. The van der Waals surface area contributed by atoms with Crippen molar-refractivity contribution in [2.45, 2.75) is 6.42 Å². The molecule has 98 valence electrons. The summed E-state index contributed by atoms with van der Waals surface area (Å²) in [6.07, 6.45) is 0.289. The van der Waals surface area contributed by atoms with Crippen molar-refractivity contribution < 1.29 is 9.53 Å². The summed E-state index contributed by atoms with van der Waals surface area (Å²) in [6, 6.07) is 12.3. The molecular formula is C15H14ClNO2. The van der Waals surface area contributed by atoms with Crippen LogP contribution in [0.1, 0.15) is 15.9 Å². The van der Waals surface area contributed by atoms with Gasteiger partial charge < -0.3 is 10.5 Å². The molecule has 2 N–H and O–H groups in total. The lowest BCUT2D eigenvalue weighted by molar-refractivity contribution is 0.0993. The zero-order chi connectivity index (χ0) is 13.8. The second kappa shape index (κ2) is 5.76. The van der Waals surface area contributed by atoms with Gasteiger partial charge in [-0.2, -0.15) is 0 Å². The number of anilines is 1. The molecule has 0 unspecified atom stereocenters. The van der Waals surface area contributed by atoms with Gasteiger partial charge in [-0.25, -0.2) is 0 Å². The number of ketones is 1. The van der Waals surface area contributed by atoms with Gasteiger partial charge in [-0.15, -0.1) is 0 Å². The van der Waals surface area contributed by atoms with E-state index >= 15 is 0 Å². The Labute approximate surface area is 117 Å². The fourth-order valence-electron chi connectivity index (χ4n) is 1.84. The monoisotopic (exact) mass is 275 g/mol. The summed E-state index contributed by atoms with van der Waals surface area (Å²) in [6.45, 7) is 0. The minimum atomic E-state index is -0.0255. The normalized spacial score (nSPS) is 10.2. The molecule has 2 aromatic rings. The van der Waals surface area contributed by atoms with Crippen molar-refractivity contribution in [3.8, 4) is 5.75 Å². The summed E-state index contributed by atoms with van der Waals surface area (Å²) in [5.41, 5.74) is 7.58. The van der Waals surface area contributed by atoms with Crippen molar-refractivity contribution >= 4 is 23.1 Å². The van der Waals surface area contributed by atoms with Crippen LogP contribution in [-0.4, -0.2) is 12.9 Å². The summed E-state index contributed by atoms with van der Waals surface area (Å²) >= 11 is 5.89. The Morgan fingerprint density at radius 1 is 1.26 bits per heavy atom. The Kier molecular flexibility index (Phi) is 4.07. The number of ether oxygens (including phenoxy) is 1. The van der Waals surface area contributed by atoms with Gasteiger partial charge in [0.2, 0.25) is 0 Å². The highest BCUT2D eigenvalue weighted by atomic mass is 35.5. The number of benzene rings is 2. The Hall–Kier alpha value is -2.00. The second-order valence-corrected chi connectivity index (χ2v) is 4.66. The van der Waals surface area contributed by atoms with Crippen molar-refractivity contribution in [2.75, 3.05) is 12.8 Å². The predicted octanol–water partition coefficient (Wildman–Crippen LogP) is 3.36. The van der Waals surface area contributed by atoms with Crippen molar-refractivity contribution in [1.29, 1.82) is 0 Å². The lowest BCUT2D eigenvalue weighted by Crippen LogP contribution is -2.04. The van der Waals surface area contributed by atoms with Crippen LogP contribution in [-0.2, 0) is 6.42 Å². The molecule has 0 heterocycles. The molecule has 0 saturated heterocycles. The van der Waals surface area contributed by atoms with E-state index in [-0.39, 0.29) is 12.2 Å². The maximum Gasteiger partial charge on any atom is 0.167 e. The summed E-state index contributed by atoms with van der Waals surface area (Å²) in [5, 5.41) is 0.467. The smallest absolute Gasteiger partial charge is 0.167 e. The zero-order valence-electron chi connectivity index (χ0n) is 10.5. The molecule has 0 spiro atoms. The number of nitrogen functional groups attached to an aromatic ring is 1. The van der Waals surface area contributed by atoms with Gasteiger partial charge in [0.25, 0.3) is 0 Å². The highest BCUT2D eigenvalue weighted by Gasteiger charge is 2.09. The lowest BCUT2D eigenvalue weighted by atomic mass is 10.0. The van der Waals surface area contributed by atoms with Gasteiger partial charge in [-0.05, 0) is 35.9 Å². The number of halogens is 1. The third-order valence-electron chi connectivity index (χ3n) is 2.74. The van der Waals surface area contributed by atoms with Crippen molar-refractivity contribution in [2.24, 2.45) is 0 Å². The van der Waals surface area contributed by atoms with Crippen LogP contribution in [0.25, 0.3) is 0 Å². The molecule has 0 atom stereocenters. The van der Waals surface area contributed by atoms with Gasteiger partial charge >= 0.3 is 0 Å². The maximum absolute atomic E-state index is 12.2. The maximum atomic E-state index is 12.2. The second-order valence-electron chi connectivity index (χ2n) is 4.22. The van der Waals surface area contributed by atoms with Crippen LogP contribution in [0, 0.1) is 0 Å². The number of carbonyl (C=O) groups is 1. The molecule has 0 radical (unpaired) electrons. The molecule has 4 heteroatoms. The third-order valence-corrected chi connectivity index (χ3v) is 2.96. The average Bonchev–Trinajstić information content (AvgIpc) is 2.37. The van der Waals surface area contributed by atoms with Gasteiger partial charge in [-0.1, -0.05) is 23.7 Å². The number of rotatable bonds is 4. The topological polar surface area (TPSA) is 52.3 Å². The summed E-state index contributed by atoms with van der Waals surface area (Å²) < 4.78 is 5.13. The molecular weight excluding hydrogens is 262 g/mol. The molecule has 19 heavy (non-hydrogen) atoms. The van der Waals surface area contributed by atoms with Crippen LogP contribution in [0.5, 0.6) is 5.75 Å². The fourth-order valence-corrected chi connectivity index (χ4v) is 2.09. The number of carbonyl (C=O) groups excluding carboxylic acids is 1. The number of nitrogens with two attached hydrogens (primary N) is 1. The molecule has 0 aliphatic rings. The lowest BCUT2D eigenvalue weighted by Gasteiger charge is -2.05. The van der Waals surface area contributed by atoms with Crippen molar-refractivity contribution in [1.82, 2.24) is 0 Å². The van der Waals surface area contributed by atoms with Crippen LogP contribution in [0.2, 0.25) is 5.02 Å². The van der Waals surface area contributed by atoms with Gasteiger partial charge in [-0.3, -0.25) is 4.79 Å². The van der Waals surface area contributed by atoms with E-state index in [4.69, 9.17) is 22.1 Å². The summed E-state index contributed by atoms with van der Waals surface area (Å²) in [4.78, 5) is 12.2. The first-order chi connectivity index (χ1) is 9.08. The highest BCUT2D eigenvalue weighted by molar-refractivity contribution is 6.31. The molecule has 2 rings (SSSR count). The van der Waals surface area contributed by atoms with E-state index in [0.717, 1.165) is 11.3 Å². The molecule has 3 nitrogen and oxygen atoms in total. The average molecular weight is 276 g/mol. The van der Waals surface area contributed by atoms with E-state index in [9.17, 15) is 4.79 Å². The van der Waals surface area contributed by atoms with Crippen molar-refractivity contribution in [3.63, 3.8) is 0 Å². The largest absolute Gasteiger partial charge is 0.497 e. The summed E-state index contributed by atoms with van der Waals surface area (Å²) in [5.74, 6) is 0.707. The van der Waals surface area contributed by atoms with E-state index in [1.807, 2.05) is 24.3 Å². The van der Waals surface area contributed by atoms with Crippen LogP contribution in [0.4, 0.5) is 5.69 Å². The van der Waals surface area contributed by atoms with Crippen LogP contribution >= 0.6 is 11.6 Å². The first kappa shape index (κ1) is 13.4. The van der Waals surface area contributed by atoms with Gasteiger partial charge in [0, 0.05) is 22.7 Å². The molecule has 0 bridgehead atoms. The molecule has 0 fully saturated rings. The quantitative estimate of drug-likeness (QED) is 0.688. The predicted molar refractivity (Wildman–Crippen MR) is 76.9 cm³/mol. The Balaban J connectivity index is 2.20. The first-order valence-electron chi connectivity index (χ1n) is 5.80. The molecule has 2 aromatic carbocycles. The Morgan fingerprint density at radius 2 is 2.05 bits per heavy atom. The zero-order valence-corrected chi connectivity index (χ0v) is 11.3. The molecule has 0 aliphatic carbocycles. The van der Waals surface area contributed by atoms with E-state index in [2.05, 4.69) is 0 Å². The number of methoxy groups -OCH3 is 1. The minimum absolute atomic E-state index is 0.0255.